The van der Waals surface area contributed by atoms with Gasteiger partial charge in [0, 0.05) is 19.2 Å². The Morgan fingerprint density at radius 1 is 1.56 bits per heavy atom. The maximum absolute atomic E-state index is 11.6. The second-order valence-electron chi connectivity index (χ2n) is 4.20. The standard InChI is InChI=1S/C11H19N5O2/c1-7(2)13-9(17)6-16(3)8-5-10(18-4)15-11(12)14-8/h5,7H,6H2,1-4H3,(H,13,17)(H2,12,14,15). The molecule has 0 saturated heterocycles. The first-order valence-electron chi connectivity index (χ1n) is 5.61. The molecule has 0 bridgehead atoms. The molecule has 0 aliphatic heterocycles. The van der Waals surface area contributed by atoms with E-state index in [0.29, 0.717) is 11.7 Å². The van der Waals surface area contributed by atoms with Crippen molar-refractivity contribution in [3.05, 3.63) is 6.07 Å². The lowest BCUT2D eigenvalue weighted by Crippen LogP contribution is -2.38. The number of nitrogen functional groups attached to an aromatic ring is 1. The van der Waals surface area contributed by atoms with Crippen LogP contribution in [0.3, 0.4) is 0 Å². The maximum Gasteiger partial charge on any atom is 0.239 e. The fourth-order valence-corrected chi connectivity index (χ4v) is 1.39. The summed E-state index contributed by atoms with van der Waals surface area (Å²) in [6, 6.07) is 1.73. The van der Waals surface area contributed by atoms with E-state index < -0.39 is 0 Å². The zero-order valence-corrected chi connectivity index (χ0v) is 11.1. The SMILES string of the molecule is COc1cc(N(C)CC(=O)NC(C)C)nc(N)n1. The number of likely N-dealkylation sites (N-methyl/N-ethyl adjacent to an activating group) is 1. The number of hydrogen-bond donors (Lipinski definition) is 2. The monoisotopic (exact) mass is 253 g/mol. The Hall–Kier alpha value is -2.05. The van der Waals surface area contributed by atoms with Gasteiger partial charge in [-0.1, -0.05) is 0 Å². The zero-order chi connectivity index (χ0) is 13.7. The van der Waals surface area contributed by atoms with Crippen LogP contribution in [0, 0.1) is 0 Å². The maximum atomic E-state index is 11.6. The van der Waals surface area contributed by atoms with Gasteiger partial charge >= 0.3 is 0 Å². The van der Waals surface area contributed by atoms with Crippen molar-refractivity contribution in [2.24, 2.45) is 0 Å². The molecule has 0 unspecified atom stereocenters. The number of aromatic nitrogens is 2. The number of amides is 1. The number of carbonyl (C=O) groups excluding carboxylic acids is 1. The van der Waals surface area contributed by atoms with E-state index >= 15 is 0 Å². The van der Waals surface area contributed by atoms with Crippen molar-refractivity contribution in [1.29, 1.82) is 0 Å². The molecule has 0 atom stereocenters. The Labute approximate surface area is 106 Å². The van der Waals surface area contributed by atoms with E-state index in [-0.39, 0.29) is 24.4 Å². The number of hydrogen-bond acceptors (Lipinski definition) is 6. The molecule has 0 aliphatic rings. The van der Waals surface area contributed by atoms with Gasteiger partial charge in [-0.25, -0.2) is 0 Å². The molecular weight excluding hydrogens is 234 g/mol. The van der Waals surface area contributed by atoms with Gasteiger partial charge in [0.25, 0.3) is 0 Å². The van der Waals surface area contributed by atoms with Crippen molar-refractivity contribution in [1.82, 2.24) is 15.3 Å². The van der Waals surface area contributed by atoms with Crippen LogP contribution >= 0.6 is 0 Å². The third-order valence-corrected chi connectivity index (χ3v) is 2.14. The highest BCUT2D eigenvalue weighted by Gasteiger charge is 2.11. The Morgan fingerprint density at radius 2 is 2.22 bits per heavy atom. The Balaban J connectivity index is 2.74. The van der Waals surface area contributed by atoms with E-state index in [0.717, 1.165) is 0 Å². The number of anilines is 2. The van der Waals surface area contributed by atoms with Crippen LogP contribution < -0.4 is 20.7 Å². The van der Waals surface area contributed by atoms with Crippen LogP contribution in [0.4, 0.5) is 11.8 Å². The summed E-state index contributed by atoms with van der Waals surface area (Å²) in [5.74, 6) is 0.941. The van der Waals surface area contributed by atoms with E-state index in [1.54, 1.807) is 18.0 Å². The van der Waals surface area contributed by atoms with Gasteiger partial charge in [0.15, 0.2) is 0 Å². The second-order valence-corrected chi connectivity index (χ2v) is 4.20. The Morgan fingerprint density at radius 3 is 2.78 bits per heavy atom. The summed E-state index contributed by atoms with van der Waals surface area (Å²) >= 11 is 0. The van der Waals surface area contributed by atoms with Gasteiger partial charge in [-0.05, 0) is 13.8 Å². The molecule has 1 aromatic rings. The number of rotatable bonds is 5. The molecular formula is C11H19N5O2. The minimum atomic E-state index is -0.0800. The van der Waals surface area contributed by atoms with Crippen LogP contribution in [-0.2, 0) is 4.79 Å². The summed E-state index contributed by atoms with van der Waals surface area (Å²) in [5, 5.41) is 2.80. The first-order chi connectivity index (χ1) is 8.42. The highest BCUT2D eigenvalue weighted by atomic mass is 16.5. The summed E-state index contributed by atoms with van der Waals surface area (Å²) in [6.45, 7) is 4.00. The average molecular weight is 253 g/mol. The van der Waals surface area contributed by atoms with Crippen LogP contribution in [-0.4, -0.2) is 42.6 Å². The van der Waals surface area contributed by atoms with Crippen LogP contribution in [0.1, 0.15) is 13.8 Å². The summed E-state index contributed by atoms with van der Waals surface area (Å²) in [6.07, 6.45) is 0. The molecule has 1 rings (SSSR count). The molecule has 1 heterocycles. The Kier molecular flexibility index (Phi) is 4.70. The van der Waals surface area contributed by atoms with Crippen LogP contribution in [0.15, 0.2) is 6.07 Å². The quantitative estimate of drug-likeness (QED) is 0.769. The normalized spacial score (nSPS) is 10.3. The van der Waals surface area contributed by atoms with Crippen LogP contribution in [0.25, 0.3) is 0 Å². The molecule has 18 heavy (non-hydrogen) atoms. The predicted octanol–water partition coefficient (Wildman–Crippen LogP) is 0.0282. The van der Waals surface area contributed by atoms with E-state index in [1.807, 2.05) is 13.8 Å². The van der Waals surface area contributed by atoms with Crippen molar-refractivity contribution in [2.45, 2.75) is 19.9 Å². The summed E-state index contributed by atoms with van der Waals surface area (Å²) in [7, 11) is 3.25. The molecule has 0 radical (unpaired) electrons. The number of nitrogens with one attached hydrogen (secondary N) is 1. The van der Waals surface area contributed by atoms with Crippen LogP contribution in [0.2, 0.25) is 0 Å². The van der Waals surface area contributed by atoms with E-state index in [2.05, 4.69) is 15.3 Å². The molecule has 0 spiro atoms. The zero-order valence-electron chi connectivity index (χ0n) is 11.1. The molecule has 7 heteroatoms. The van der Waals surface area contributed by atoms with Gasteiger partial charge in [0.05, 0.1) is 13.7 Å². The molecule has 0 fully saturated rings. The molecule has 0 aromatic carbocycles. The lowest BCUT2D eigenvalue weighted by molar-refractivity contribution is -0.120. The van der Waals surface area contributed by atoms with Crippen molar-refractivity contribution in [3.63, 3.8) is 0 Å². The van der Waals surface area contributed by atoms with E-state index in [4.69, 9.17) is 10.5 Å². The minimum absolute atomic E-state index is 0.0800. The largest absolute Gasteiger partial charge is 0.481 e. The molecule has 0 saturated carbocycles. The minimum Gasteiger partial charge on any atom is -0.481 e. The number of carbonyl (C=O) groups is 1. The smallest absolute Gasteiger partial charge is 0.239 e. The molecule has 100 valence electrons. The van der Waals surface area contributed by atoms with E-state index in [9.17, 15) is 4.79 Å². The lowest BCUT2D eigenvalue weighted by atomic mass is 10.4. The number of nitrogens with zero attached hydrogens (tertiary/aromatic N) is 3. The number of nitrogens with two attached hydrogens (primary N) is 1. The van der Waals surface area contributed by atoms with Gasteiger partial charge in [-0.2, -0.15) is 9.97 Å². The van der Waals surface area contributed by atoms with Gasteiger partial charge in [0.2, 0.25) is 17.7 Å². The highest BCUT2D eigenvalue weighted by Crippen LogP contribution is 2.16. The third kappa shape index (κ3) is 4.08. The number of methoxy groups -OCH3 is 1. The fraction of sp³-hybridized carbons (Fsp3) is 0.545. The first-order valence-corrected chi connectivity index (χ1v) is 5.61. The fourth-order valence-electron chi connectivity index (χ4n) is 1.39. The van der Waals surface area contributed by atoms with Crippen molar-refractivity contribution < 1.29 is 9.53 Å². The lowest BCUT2D eigenvalue weighted by Gasteiger charge is -2.19. The second kappa shape index (κ2) is 6.04. The Bertz CT molecular complexity index is 422. The molecule has 1 aromatic heterocycles. The molecule has 1 amide bonds. The molecule has 3 N–H and O–H groups in total. The van der Waals surface area contributed by atoms with Gasteiger partial charge in [-0.3, -0.25) is 4.79 Å². The topological polar surface area (TPSA) is 93.4 Å². The summed E-state index contributed by atoms with van der Waals surface area (Å²) in [4.78, 5) is 21.2. The highest BCUT2D eigenvalue weighted by molar-refractivity contribution is 5.81. The first kappa shape index (κ1) is 14.0. The summed E-state index contributed by atoms with van der Waals surface area (Å²) < 4.78 is 5.00. The van der Waals surface area contributed by atoms with Gasteiger partial charge in [0.1, 0.15) is 5.82 Å². The van der Waals surface area contributed by atoms with Crippen LogP contribution in [0.5, 0.6) is 5.88 Å². The van der Waals surface area contributed by atoms with Crippen molar-refractivity contribution in [2.75, 3.05) is 31.3 Å². The molecule has 7 nitrogen and oxygen atoms in total. The average Bonchev–Trinajstić information content (AvgIpc) is 2.26. The summed E-state index contributed by atoms with van der Waals surface area (Å²) in [5.41, 5.74) is 5.55. The van der Waals surface area contributed by atoms with Crippen molar-refractivity contribution in [3.8, 4) is 5.88 Å². The predicted molar refractivity (Wildman–Crippen MR) is 69.5 cm³/mol. The van der Waals surface area contributed by atoms with Gasteiger partial charge < -0.3 is 20.7 Å². The number of ether oxygens (including phenoxy) is 1. The van der Waals surface area contributed by atoms with Gasteiger partial charge in [-0.15, -0.1) is 0 Å². The third-order valence-electron chi connectivity index (χ3n) is 2.14. The van der Waals surface area contributed by atoms with Crippen molar-refractivity contribution >= 4 is 17.7 Å². The van der Waals surface area contributed by atoms with E-state index in [1.165, 1.54) is 7.11 Å². The molecule has 0 aliphatic carbocycles.